The van der Waals surface area contributed by atoms with Crippen molar-refractivity contribution in [2.45, 2.75) is 39.2 Å². The zero-order valence-electron chi connectivity index (χ0n) is 19.0. The van der Waals surface area contributed by atoms with E-state index in [0.29, 0.717) is 12.1 Å². The molecule has 168 valence electrons. The summed E-state index contributed by atoms with van der Waals surface area (Å²) in [5.41, 5.74) is 6.33. The number of nitrogens with zero attached hydrogens (tertiary/aromatic N) is 3. The molecule has 1 aliphatic rings. The van der Waals surface area contributed by atoms with Crippen LogP contribution in [0.15, 0.2) is 60.8 Å². The first-order valence-electron chi connectivity index (χ1n) is 11.6. The van der Waals surface area contributed by atoms with Crippen LogP contribution in [-0.2, 0) is 11.2 Å². The van der Waals surface area contributed by atoms with Crippen LogP contribution in [0.5, 0.6) is 0 Å². The Morgan fingerprint density at radius 1 is 1.18 bits per heavy atom. The molecule has 0 bridgehead atoms. The molecule has 2 aromatic heterocycles. The van der Waals surface area contributed by atoms with E-state index in [1.54, 1.807) is 0 Å². The molecule has 0 radical (unpaired) electrons. The molecule has 5 rings (SSSR count). The fourth-order valence-electron chi connectivity index (χ4n) is 4.40. The lowest BCUT2D eigenvalue weighted by Crippen LogP contribution is -2.32. The van der Waals surface area contributed by atoms with Crippen LogP contribution in [0.3, 0.4) is 0 Å². The van der Waals surface area contributed by atoms with E-state index in [-0.39, 0.29) is 12.0 Å². The van der Waals surface area contributed by atoms with Gasteiger partial charge in [0.1, 0.15) is 0 Å². The van der Waals surface area contributed by atoms with Gasteiger partial charge in [0, 0.05) is 24.1 Å². The van der Waals surface area contributed by atoms with Crippen molar-refractivity contribution in [3.05, 3.63) is 77.6 Å². The molecule has 1 aliphatic heterocycles. The van der Waals surface area contributed by atoms with E-state index < -0.39 is 0 Å². The Bertz CT molecular complexity index is 1290. The number of para-hydroxylation sites is 1. The Labute approximate surface area is 193 Å². The second-order valence-electron chi connectivity index (χ2n) is 8.49. The van der Waals surface area contributed by atoms with Gasteiger partial charge in [-0.25, -0.2) is 9.67 Å². The number of ether oxygens (including phenoxy) is 1. The number of rotatable bonds is 6. The number of hydrogen-bond donors (Lipinski definition) is 1. The minimum absolute atomic E-state index is 0.0982. The van der Waals surface area contributed by atoms with E-state index in [9.17, 15) is 4.79 Å². The highest BCUT2D eigenvalue weighted by Crippen LogP contribution is 2.28. The van der Waals surface area contributed by atoms with E-state index in [1.165, 1.54) is 5.56 Å². The van der Waals surface area contributed by atoms with Gasteiger partial charge in [0.2, 0.25) is 0 Å². The third kappa shape index (κ3) is 4.26. The fourth-order valence-corrected chi connectivity index (χ4v) is 4.40. The number of pyridine rings is 1. The van der Waals surface area contributed by atoms with Crippen molar-refractivity contribution in [3.63, 3.8) is 0 Å². The minimum atomic E-state index is -0.106. The highest BCUT2D eigenvalue weighted by atomic mass is 16.5. The summed E-state index contributed by atoms with van der Waals surface area (Å²) in [4.78, 5) is 18.0. The van der Waals surface area contributed by atoms with Crippen LogP contribution in [0, 0.1) is 6.92 Å². The minimum Gasteiger partial charge on any atom is -0.376 e. The average molecular weight is 441 g/mol. The van der Waals surface area contributed by atoms with Crippen LogP contribution in [-0.4, -0.2) is 39.9 Å². The predicted molar refractivity (Wildman–Crippen MR) is 130 cm³/mol. The molecular formula is C27H28N4O2. The Balaban J connectivity index is 1.50. The van der Waals surface area contributed by atoms with Gasteiger partial charge in [0.15, 0.2) is 0 Å². The molecule has 0 spiro atoms. The quantitative estimate of drug-likeness (QED) is 0.465. The number of benzene rings is 2. The number of hydrogen-bond acceptors (Lipinski definition) is 4. The Morgan fingerprint density at radius 3 is 2.76 bits per heavy atom. The summed E-state index contributed by atoms with van der Waals surface area (Å²) in [6.07, 6.45) is 4.96. The van der Waals surface area contributed by atoms with E-state index in [4.69, 9.17) is 9.72 Å². The molecule has 1 amide bonds. The van der Waals surface area contributed by atoms with Crippen molar-refractivity contribution in [3.8, 4) is 16.9 Å². The molecule has 0 aliphatic carbocycles. The number of carbonyl (C=O) groups excluding carboxylic acids is 1. The van der Waals surface area contributed by atoms with Crippen LogP contribution >= 0.6 is 0 Å². The van der Waals surface area contributed by atoms with Crippen LogP contribution in [0.1, 0.15) is 41.4 Å². The molecule has 33 heavy (non-hydrogen) atoms. The fraction of sp³-hybridized carbons (Fsp3) is 0.296. The molecule has 1 atom stereocenters. The highest BCUT2D eigenvalue weighted by Gasteiger charge is 2.20. The van der Waals surface area contributed by atoms with E-state index in [0.717, 1.165) is 59.4 Å². The largest absolute Gasteiger partial charge is 0.376 e. The van der Waals surface area contributed by atoms with Gasteiger partial charge in [-0.1, -0.05) is 37.3 Å². The highest BCUT2D eigenvalue weighted by molar-refractivity contribution is 6.07. The Hall–Kier alpha value is -3.51. The second-order valence-corrected chi connectivity index (χ2v) is 8.49. The maximum Gasteiger partial charge on any atom is 0.252 e. The molecule has 3 heterocycles. The summed E-state index contributed by atoms with van der Waals surface area (Å²) in [7, 11) is 0. The number of nitrogens with one attached hydrogen (secondary N) is 1. The molecule has 0 saturated carbocycles. The maximum atomic E-state index is 13.2. The van der Waals surface area contributed by atoms with Crippen molar-refractivity contribution in [1.82, 2.24) is 20.1 Å². The standard InChI is InChI=1S/C27H28N4O2/c1-3-19-10-12-20(13-11-19)31-18(2)24(17-29-31)26-15-23(22-8-4-5-9-25(22)30-26)27(32)28-16-21-7-6-14-33-21/h4-5,8-13,15,17,21H,3,6-7,14,16H2,1-2H3,(H,28,32). The number of aryl methyl sites for hydroxylation is 1. The SMILES string of the molecule is CCc1ccc(-n2ncc(-c3cc(C(=O)NCC4CCCO4)c4ccccc4n3)c2C)cc1. The molecule has 6 nitrogen and oxygen atoms in total. The lowest BCUT2D eigenvalue weighted by atomic mass is 10.0. The average Bonchev–Trinajstić information content (AvgIpc) is 3.51. The number of carbonyl (C=O) groups is 1. The first-order valence-corrected chi connectivity index (χ1v) is 11.6. The Kier molecular flexibility index (Phi) is 5.92. The lowest BCUT2D eigenvalue weighted by molar-refractivity contribution is 0.0859. The van der Waals surface area contributed by atoms with Crippen LogP contribution in [0.2, 0.25) is 0 Å². The summed E-state index contributed by atoms with van der Waals surface area (Å²) in [6, 6.07) is 18.1. The first kappa shape index (κ1) is 21.3. The van der Waals surface area contributed by atoms with Crippen LogP contribution < -0.4 is 5.32 Å². The van der Waals surface area contributed by atoms with Crippen LogP contribution in [0.4, 0.5) is 0 Å². The van der Waals surface area contributed by atoms with Gasteiger partial charge in [0.05, 0.1) is 40.5 Å². The number of aromatic nitrogens is 3. The van der Waals surface area contributed by atoms with Crippen LogP contribution in [0.25, 0.3) is 27.8 Å². The Morgan fingerprint density at radius 2 is 2.00 bits per heavy atom. The predicted octanol–water partition coefficient (Wildman–Crippen LogP) is 4.87. The first-order chi connectivity index (χ1) is 16.1. The molecule has 1 N–H and O–H groups in total. The van der Waals surface area contributed by atoms with Gasteiger partial charge in [-0.3, -0.25) is 4.79 Å². The summed E-state index contributed by atoms with van der Waals surface area (Å²) < 4.78 is 7.58. The summed E-state index contributed by atoms with van der Waals surface area (Å²) >= 11 is 0. The normalized spacial score (nSPS) is 15.8. The maximum absolute atomic E-state index is 13.2. The van der Waals surface area contributed by atoms with E-state index in [2.05, 4.69) is 41.6 Å². The zero-order chi connectivity index (χ0) is 22.8. The van der Waals surface area contributed by atoms with Crippen molar-refractivity contribution >= 4 is 16.8 Å². The zero-order valence-corrected chi connectivity index (χ0v) is 19.0. The van der Waals surface area contributed by atoms with Gasteiger partial charge in [-0.05, 0) is 56.0 Å². The lowest BCUT2D eigenvalue weighted by Gasteiger charge is -2.13. The molecule has 2 aromatic carbocycles. The van der Waals surface area contributed by atoms with E-state index >= 15 is 0 Å². The number of fused-ring (bicyclic) bond motifs is 1. The number of amides is 1. The van der Waals surface area contributed by atoms with Crippen molar-refractivity contribution < 1.29 is 9.53 Å². The van der Waals surface area contributed by atoms with Gasteiger partial charge < -0.3 is 10.1 Å². The van der Waals surface area contributed by atoms with Gasteiger partial charge in [0.25, 0.3) is 5.91 Å². The summed E-state index contributed by atoms with van der Waals surface area (Å²) in [5.74, 6) is -0.106. The molecule has 6 heteroatoms. The summed E-state index contributed by atoms with van der Waals surface area (Å²) in [6.45, 7) is 5.47. The third-order valence-electron chi connectivity index (χ3n) is 6.35. The van der Waals surface area contributed by atoms with Gasteiger partial charge >= 0.3 is 0 Å². The van der Waals surface area contributed by atoms with Crippen molar-refractivity contribution in [2.75, 3.05) is 13.2 Å². The topological polar surface area (TPSA) is 69.0 Å². The molecule has 1 fully saturated rings. The monoisotopic (exact) mass is 440 g/mol. The molecule has 1 unspecified atom stereocenters. The molecular weight excluding hydrogens is 412 g/mol. The van der Waals surface area contributed by atoms with Crippen molar-refractivity contribution in [1.29, 1.82) is 0 Å². The van der Waals surface area contributed by atoms with Gasteiger partial charge in [-0.15, -0.1) is 0 Å². The van der Waals surface area contributed by atoms with E-state index in [1.807, 2.05) is 48.1 Å². The molecule has 1 saturated heterocycles. The second kappa shape index (κ2) is 9.16. The third-order valence-corrected chi connectivity index (χ3v) is 6.35. The van der Waals surface area contributed by atoms with Gasteiger partial charge in [-0.2, -0.15) is 5.10 Å². The summed E-state index contributed by atoms with van der Waals surface area (Å²) in [5, 5.41) is 8.52. The molecule has 4 aromatic rings. The van der Waals surface area contributed by atoms with Crippen molar-refractivity contribution in [2.24, 2.45) is 0 Å². The smallest absolute Gasteiger partial charge is 0.252 e.